The molecule has 9 heteroatoms. The van der Waals surface area contributed by atoms with Crippen LogP contribution in [0.15, 0.2) is 35.7 Å². The smallest absolute Gasteiger partial charge is 0.257 e. The number of thiazole rings is 1. The van der Waals surface area contributed by atoms with Crippen LogP contribution in [-0.2, 0) is 17.6 Å². The second-order valence-corrected chi connectivity index (χ2v) is 8.07. The van der Waals surface area contributed by atoms with Crippen molar-refractivity contribution in [1.82, 2.24) is 15.2 Å². The average molecular weight is 416 g/mol. The zero-order valence-electron chi connectivity index (χ0n) is 15.5. The van der Waals surface area contributed by atoms with Crippen molar-refractivity contribution >= 4 is 44.8 Å². The summed E-state index contributed by atoms with van der Waals surface area (Å²) in [5.74, 6) is -0.432. The molecular formula is C19H21N5O2S2. The van der Waals surface area contributed by atoms with E-state index >= 15 is 0 Å². The highest BCUT2D eigenvalue weighted by Crippen LogP contribution is 2.19. The summed E-state index contributed by atoms with van der Waals surface area (Å²) in [7, 11) is 0. The Morgan fingerprint density at radius 3 is 2.64 bits per heavy atom. The first-order valence-corrected chi connectivity index (χ1v) is 10.8. The fourth-order valence-corrected chi connectivity index (χ4v) is 3.97. The maximum Gasteiger partial charge on any atom is 0.257 e. The lowest BCUT2D eigenvalue weighted by Crippen LogP contribution is -2.15. The molecule has 2 heterocycles. The summed E-state index contributed by atoms with van der Waals surface area (Å²) in [6.45, 7) is 2.16. The van der Waals surface area contributed by atoms with Crippen LogP contribution in [-0.4, -0.2) is 27.0 Å². The average Bonchev–Trinajstić information content (AvgIpc) is 3.32. The molecule has 7 nitrogen and oxygen atoms in total. The van der Waals surface area contributed by atoms with Gasteiger partial charge in [-0.15, -0.1) is 21.5 Å². The van der Waals surface area contributed by atoms with Gasteiger partial charge in [0, 0.05) is 17.4 Å². The molecule has 0 aliphatic rings. The summed E-state index contributed by atoms with van der Waals surface area (Å²) in [5.41, 5.74) is 1.15. The van der Waals surface area contributed by atoms with Crippen LogP contribution in [0.3, 0.4) is 0 Å². The number of hydrogen-bond donors (Lipinski definition) is 2. The molecule has 0 unspecified atom stereocenters. The third-order valence-corrected chi connectivity index (χ3v) is 5.56. The lowest BCUT2D eigenvalue weighted by molar-refractivity contribution is -0.115. The summed E-state index contributed by atoms with van der Waals surface area (Å²) in [5, 5.41) is 17.3. The number of aromatic nitrogens is 3. The molecular weight excluding hydrogens is 394 g/mol. The van der Waals surface area contributed by atoms with E-state index < -0.39 is 0 Å². The van der Waals surface area contributed by atoms with Crippen LogP contribution in [0.25, 0.3) is 0 Å². The molecule has 0 aliphatic heterocycles. The Labute approximate surface area is 171 Å². The number of amides is 2. The van der Waals surface area contributed by atoms with Crippen LogP contribution in [0.1, 0.15) is 47.2 Å². The lowest BCUT2D eigenvalue weighted by atomic mass is 10.2. The predicted octanol–water partition coefficient (Wildman–Crippen LogP) is 4.16. The van der Waals surface area contributed by atoms with Crippen LogP contribution in [0.5, 0.6) is 0 Å². The molecule has 2 aromatic heterocycles. The normalized spacial score (nSPS) is 10.6. The number of nitrogens with zero attached hydrogens (tertiary/aromatic N) is 3. The van der Waals surface area contributed by atoms with Gasteiger partial charge in [-0.1, -0.05) is 49.3 Å². The number of unbranched alkanes of at least 4 members (excludes halogenated alkanes) is 2. The zero-order chi connectivity index (χ0) is 19.8. The van der Waals surface area contributed by atoms with Crippen molar-refractivity contribution in [3.63, 3.8) is 0 Å². The maximum atomic E-state index is 12.2. The summed E-state index contributed by atoms with van der Waals surface area (Å²) >= 11 is 2.69. The van der Waals surface area contributed by atoms with E-state index in [1.165, 1.54) is 22.7 Å². The first-order chi connectivity index (χ1) is 13.6. The highest BCUT2D eigenvalue weighted by Gasteiger charge is 2.13. The number of anilines is 2. The molecule has 0 saturated carbocycles. The number of hydrogen-bond acceptors (Lipinski definition) is 7. The number of aryl methyl sites for hydroxylation is 1. The van der Waals surface area contributed by atoms with Gasteiger partial charge in [-0.2, -0.15) is 0 Å². The van der Waals surface area contributed by atoms with Crippen LogP contribution >= 0.6 is 22.7 Å². The standard InChI is InChI=1S/C19H21N5O2S2/c1-2-3-5-10-16-23-24-19(28-16)21-15(25)11-14-12-27-18(20-14)22-17(26)13-8-6-4-7-9-13/h4,6-9,12H,2-3,5,10-11H2,1H3,(H,20,22,26)(H,21,24,25). The number of carbonyl (C=O) groups is 2. The highest BCUT2D eigenvalue weighted by molar-refractivity contribution is 7.15. The molecule has 0 spiro atoms. The minimum Gasteiger partial charge on any atom is -0.300 e. The Balaban J connectivity index is 1.49. The predicted molar refractivity (Wildman–Crippen MR) is 112 cm³/mol. The van der Waals surface area contributed by atoms with Gasteiger partial charge in [0.2, 0.25) is 11.0 Å². The number of nitrogens with one attached hydrogen (secondary N) is 2. The van der Waals surface area contributed by atoms with Crippen molar-refractivity contribution in [1.29, 1.82) is 0 Å². The largest absolute Gasteiger partial charge is 0.300 e. The molecule has 0 radical (unpaired) electrons. The van der Waals surface area contributed by atoms with Gasteiger partial charge < -0.3 is 5.32 Å². The number of carbonyl (C=O) groups excluding carboxylic acids is 2. The van der Waals surface area contributed by atoms with Gasteiger partial charge in [-0.3, -0.25) is 14.9 Å². The van der Waals surface area contributed by atoms with Crippen molar-refractivity contribution in [2.75, 3.05) is 10.6 Å². The van der Waals surface area contributed by atoms with Gasteiger partial charge in [-0.05, 0) is 18.6 Å². The first-order valence-electron chi connectivity index (χ1n) is 9.07. The van der Waals surface area contributed by atoms with E-state index in [9.17, 15) is 9.59 Å². The molecule has 2 amide bonds. The van der Waals surface area contributed by atoms with E-state index in [2.05, 4.69) is 32.7 Å². The Morgan fingerprint density at radius 1 is 1.04 bits per heavy atom. The number of benzene rings is 1. The van der Waals surface area contributed by atoms with Crippen molar-refractivity contribution in [2.45, 2.75) is 39.0 Å². The fraction of sp³-hybridized carbons (Fsp3) is 0.316. The Morgan fingerprint density at radius 2 is 1.86 bits per heavy atom. The molecule has 28 heavy (non-hydrogen) atoms. The second-order valence-electron chi connectivity index (χ2n) is 6.15. The SMILES string of the molecule is CCCCCc1nnc(NC(=O)Cc2csc(NC(=O)c3ccccc3)n2)s1. The third-order valence-electron chi connectivity index (χ3n) is 3.86. The van der Waals surface area contributed by atoms with E-state index in [0.717, 1.165) is 30.7 Å². The molecule has 146 valence electrons. The van der Waals surface area contributed by atoms with Gasteiger partial charge in [0.15, 0.2) is 5.13 Å². The molecule has 2 N–H and O–H groups in total. The van der Waals surface area contributed by atoms with E-state index in [4.69, 9.17) is 0 Å². The monoisotopic (exact) mass is 415 g/mol. The molecule has 0 bridgehead atoms. The van der Waals surface area contributed by atoms with E-state index in [1.54, 1.807) is 29.6 Å². The van der Waals surface area contributed by atoms with Crippen LogP contribution in [0.2, 0.25) is 0 Å². The minimum atomic E-state index is -0.226. The molecule has 1 aromatic carbocycles. The maximum absolute atomic E-state index is 12.2. The van der Waals surface area contributed by atoms with E-state index in [1.807, 2.05) is 6.07 Å². The van der Waals surface area contributed by atoms with Gasteiger partial charge in [0.1, 0.15) is 5.01 Å². The van der Waals surface area contributed by atoms with Crippen molar-refractivity contribution in [3.8, 4) is 0 Å². The minimum absolute atomic E-state index is 0.114. The van der Waals surface area contributed by atoms with Gasteiger partial charge in [0.25, 0.3) is 5.91 Å². The molecule has 0 fully saturated rings. The number of rotatable bonds is 9. The summed E-state index contributed by atoms with van der Waals surface area (Å²) in [4.78, 5) is 28.7. The second kappa shape index (κ2) is 10.0. The lowest BCUT2D eigenvalue weighted by Gasteiger charge is -2.01. The molecule has 0 aliphatic carbocycles. The van der Waals surface area contributed by atoms with E-state index in [-0.39, 0.29) is 18.2 Å². The van der Waals surface area contributed by atoms with Crippen LogP contribution < -0.4 is 10.6 Å². The highest BCUT2D eigenvalue weighted by atomic mass is 32.1. The fourth-order valence-electron chi connectivity index (χ4n) is 2.46. The van der Waals surface area contributed by atoms with Crippen molar-refractivity contribution in [2.24, 2.45) is 0 Å². The van der Waals surface area contributed by atoms with Crippen molar-refractivity contribution < 1.29 is 9.59 Å². The van der Waals surface area contributed by atoms with Crippen molar-refractivity contribution in [3.05, 3.63) is 52.0 Å². The topological polar surface area (TPSA) is 96.9 Å². The van der Waals surface area contributed by atoms with E-state index in [0.29, 0.717) is 21.5 Å². The van der Waals surface area contributed by atoms with Crippen LogP contribution in [0, 0.1) is 0 Å². The van der Waals surface area contributed by atoms with Crippen LogP contribution in [0.4, 0.5) is 10.3 Å². The first kappa shape index (κ1) is 20.1. The molecule has 3 aromatic rings. The Kier molecular flexibility index (Phi) is 7.21. The van der Waals surface area contributed by atoms with Gasteiger partial charge in [0.05, 0.1) is 12.1 Å². The van der Waals surface area contributed by atoms with Gasteiger partial charge in [-0.25, -0.2) is 4.98 Å². The Bertz CT molecular complexity index is 923. The molecule has 0 saturated heterocycles. The summed E-state index contributed by atoms with van der Waals surface area (Å²) in [6.07, 6.45) is 4.40. The summed E-state index contributed by atoms with van der Waals surface area (Å²) < 4.78 is 0. The Hall–Kier alpha value is -2.65. The molecule has 0 atom stereocenters. The third kappa shape index (κ3) is 5.93. The zero-order valence-corrected chi connectivity index (χ0v) is 17.1. The molecule has 3 rings (SSSR count). The quantitative estimate of drug-likeness (QED) is 0.512. The van der Waals surface area contributed by atoms with Gasteiger partial charge >= 0.3 is 0 Å². The summed E-state index contributed by atoms with van der Waals surface area (Å²) in [6, 6.07) is 8.92.